The molecule has 2 saturated heterocycles. The molecule has 0 bridgehead atoms. The predicted molar refractivity (Wildman–Crippen MR) is 115 cm³/mol. The highest BCUT2D eigenvalue weighted by Crippen LogP contribution is 2.44. The van der Waals surface area contributed by atoms with Crippen molar-refractivity contribution in [2.45, 2.75) is 23.9 Å². The molecule has 0 aliphatic carbocycles. The smallest absolute Gasteiger partial charge is 0.314 e. The van der Waals surface area contributed by atoms with E-state index in [2.05, 4.69) is 4.99 Å². The van der Waals surface area contributed by atoms with Crippen molar-refractivity contribution in [2.24, 2.45) is 4.99 Å². The Bertz CT molecular complexity index is 1200. The van der Waals surface area contributed by atoms with E-state index < -0.39 is 44.6 Å². The Labute approximate surface area is 190 Å². The van der Waals surface area contributed by atoms with Crippen molar-refractivity contribution in [3.63, 3.8) is 0 Å². The third-order valence-electron chi connectivity index (χ3n) is 5.09. The first kappa shape index (κ1) is 23.1. The molecule has 0 spiro atoms. The summed E-state index contributed by atoms with van der Waals surface area (Å²) in [7, 11) is -3.41. The normalized spacial score (nSPS) is 23.5. The van der Waals surface area contributed by atoms with Gasteiger partial charge in [0.25, 0.3) is 5.91 Å². The molecule has 12 heteroatoms. The van der Waals surface area contributed by atoms with Crippen LogP contribution >= 0.6 is 23.4 Å². The molecule has 2 aromatic rings. The number of halogens is 5. The first-order valence-corrected chi connectivity index (χ1v) is 12.4. The van der Waals surface area contributed by atoms with Crippen LogP contribution in [0.2, 0.25) is 5.02 Å². The van der Waals surface area contributed by atoms with Crippen molar-refractivity contribution in [2.75, 3.05) is 16.4 Å². The molecule has 4 rings (SSSR count). The monoisotopic (exact) mass is 506 g/mol. The maximum atomic E-state index is 13.3. The number of sulfone groups is 1. The van der Waals surface area contributed by atoms with Crippen LogP contribution in [-0.4, -0.2) is 42.3 Å². The zero-order chi connectivity index (χ0) is 23.3. The zero-order valence-corrected chi connectivity index (χ0v) is 18.5. The minimum absolute atomic E-state index is 0.0257. The van der Waals surface area contributed by atoms with Crippen molar-refractivity contribution in [3.8, 4) is 0 Å². The van der Waals surface area contributed by atoms with Crippen LogP contribution in [0.4, 0.5) is 23.2 Å². The largest absolute Gasteiger partial charge is 0.416 e. The molecule has 2 aliphatic heterocycles. The quantitative estimate of drug-likeness (QED) is 0.579. The van der Waals surface area contributed by atoms with Gasteiger partial charge in [0.1, 0.15) is 5.82 Å². The maximum Gasteiger partial charge on any atom is 0.416 e. The van der Waals surface area contributed by atoms with Crippen molar-refractivity contribution in [3.05, 3.63) is 64.4 Å². The van der Waals surface area contributed by atoms with Gasteiger partial charge in [-0.25, -0.2) is 12.8 Å². The van der Waals surface area contributed by atoms with E-state index in [0.717, 1.165) is 30.0 Å². The molecule has 2 heterocycles. The molecule has 170 valence electrons. The number of carbonyl (C=O) groups is 1. The second-order valence-corrected chi connectivity index (χ2v) is 11.2. The number of anilines is 1. The summed E-state index contributed by atoms with van der Waals surface area (Å²) in [5.74, 6) is -1.53. The Hall–Kier alpha value is -2.11. The predicted octanol–water partition coefficient (Wildman–Crippen LogP) is 4.34. The van der Waals surface area contributed by atoms with E-state index in [9.17, 15) is 30.8 Å². The van der Waals surface area contributed by atoms with Crippen LogP contribution in [0.15, 0.2) is 47.5 Å². The summed E-state index contributed by atoms with van der Waals surface area (Å²) in [4.78, 5) is 17.9. The van der Waals surface area contributed by atoms with Gasteiger partial charge in [-0.3, -0.25) is 4.79 Å². The van der Waals surface area contributed by atoms with Crippen molar-refractivity contribution in [1.29, 1.82) is 0 Å². The van der Waals surface area contributed by atoms with Crippen LogP contribution in [0.25, 0.3) is 0 Å². The van der Waals surface area contributed by atoms with Gasteiger partial charge in [0.15, 0.2) is 15.0 Å². The van der Waals surface area contributed by atoms with Crippen LogP contribution in [0.3, 0.4) is 0 Å². The van der Waals surface area contributed by atoms with E-state index in [1.807, 2.05) is 0 Å². The molecule has 5 nitrogen and oxygen atoms in total. The second kappa shape index (κ2) is 8.35. The number of hydrogen-bond acceptors (Lipinski definition) is 4. The molecular formula is C20H15ClF4N2O3S2. The van der Waals surface area contributed by atoms with E-state index >= 15 is 0 Å². The molecule has 32 heavy (non-hydrogen) atoms. The molecule has 2 fully saturated rings. The molecule has 0 unspecified atom stereocenters. The highest BCUT2D eigenvalue weighted by molar-refractivity contribution is 8.16. The Morgan fingerprint density at radius 2 is 1.84 bits per heavy atom. The molecular weight excluding hydrogens is 492 g/mol. The topological polar surface area (TPSA) is 66.8 Å². The van der Waals surface area contributed by atoms with Gasteiger partial charge < -0.3 is 4.90 Å². The van der Waals surface area contributed by atoms with Gasteiger partial charge in [0, 0.05) is 5.25 Å². The maximum absolute atomic E-state index is 13.3. The van der Waals surface area contributed by atoms with Gasteiger partial charge in [0.2, 0.25) is 0 Å². The summed E-state index contributed by atoms with van der Waals surface area (Å²) in [5.41, 5.74) is -0.509. The molecule has 2 aliphatic rings. The highest BCUT2D eigenvalue weighted by atomic mass is 35.5. The average molecular weight is 507 g/mol. The lowest BCUT2D eigenvalue weighted by Gasteiger charge is -2.26. The molecule has 2 aromatic carbocycles. The number of thioether (sulfide) groups is 1. The van der Waals surface area contributed by atoms with E-state index in [0.29, 0.717) is 5.56 Å². The number of fused-ring (bicyclic) bond motifs is 1. The number of carbonyl (C=O) groups excluding carboxylic acids is 1. The molecule has 0 saturated carbocycles. The summed E-state index contributed by atoms with van der Waals surface area (Å²) in [6.45, 7) is 0. The molecule has 1 amide bonds. The van der Waals surface area contributed by atoms with E-state index in [4.69, 9.17) is 11.6 Å². The third-order valence-corrected chi connectivity index (χ3v) is 8.62. The van der Waals surface area contributed by atoms with Crippen molar-refractivity contribution in [1.82, 2.24) is 0 Å². The first-order valence-electron chi connectivity index (χ1n) is 9.32. The minimum Gasteiger partial charge on any atom is -0.314 e. The number of amides is 1. The molecule has 0 N–H and O–H groups in total. The average Bonchev–Trinajstić information content (AvgIpc) is 3.14. The van der Waals surface area contributed by atoms with Gasteiger partial charge in [-0.1, -0.05) is 35.5 Å². The SMILES string of the molecule is O=C(Cc1ccc(F)cc1)N=C1S[C@@H]2CS(=O)(=O)C[C@H]2N1c1cc(C(F)(F)F)ccc1Cl. The van der Waals surface area contributed by atoms with Crippen LogP contribution in [-0.2, 0) is 27.2 Å². The zero-order valence-electron chi connectivity index (χ0n) is 16.1. The fraction of sp³-hybridized carbons (Fsp3) is 0.300. The van der Waals surface area contributed by atoms with E-state index in [-0.39, 0.29) is 33.8 Å². The van der Waals surface area contributed by atoms with Gasteiger partial charge in [-0.05, 0) is 35.9 Å². The van der Waals surface area contributed by atoms with Crippen molar-refractivity contribution >= 4 is 50.0 Å². The summed E-state index contributed by atoms with van der Waals surface area (Å²) in [6.07, 6.45) is -4.79. The Balaban J connectivity index is 1.71. The van der Waals surface area contributed by atoms with Crippen LogP contribution in [0.5, 0.6) is 0 Å². The fourth-order valence-electron chi connectivity index (χ4n) is 3.64. The summed E-state index contributed by atoms with van der Waals surface area (Å²) >= 11 is 7.22. The lowest BCUT2D eigenvalue weighted by Crippen LogP contribution is -2.38. The number of nitrogens with zero attached hydrogens (tertiary/aromatic N) is 2. The highest BCUT2D eigenvalue weighted by Gasteiger charge is 2.50. The number of alkyl halides is 3. The Morgan fingerprint density at radius 1 is 1.16 bits per heavy atom. The first-order chi connectivity index (χ1) is 14.9. The summed E-state index contributed by atoms with van der Waals surface area (Å²) in [5, 5.41) is -0.437. The fourth-order valence-corrected chi connectivity index (χ4v) is 7.78. The molecule has 0 aromatic heterocycles. The Morgan fingerprint density at radius 3 is 2.50 bits per heavy atom. The number of aliphatic imine (C=N–C) groups is 1. The van der Waals surface area contributed by atoms with Gasteiger partial charge in [-0.15, -0.1) is 0 Å². The Kier molecular flexibility index (Phi) is 6.01. The number of hydrogen-bond donors (Lipinski definition) is 0. The lowest BCUT2D eigenvalue weighted by molar-refractivity contribution is -0.137. The summed E-state index contributed by atoms with van der Waals surface area (Å²) in [6, 6.07) is 7.29. The van der Waals surface area contributed by atoms with E-state index in [1.54, 1.807) is 0 Å². The van der Waals surface area contributed by atoms with Crippen molar-refractivity contribution < 1.29 is 30.8 Å². The third kappa shape index (κ3) is 4.79. The van der Waals surface area contributed by atoms with Crippen LogP contribution in [0.1, 0.15) is 11.1 Å². The number of benzene rings is 2. The second-order valence-electron chi connectivity index (χ2n) is 7.43. The molecule has 0 radical (unpaired) electrons. The van der Waals surface area contributed by atoms with Gasteiger partial charge >= 0.3 is 6.18 Å². The van der Waals surface area contributed by atoms with Crippen LogP contribution < -0.4 is 4.90 Å². The molecule has 2 atom stereocenters. The minimum atomic E-state index is -4.64. The summed E-state index contributed by atoms with van der Waals surface area (Å²) < 4.78 is 77.2. The standard InChI is InChI=1S/C20H15ClF4N2O3S2/c21-14-6-3-12(20(23,24)25)8-15(14)27-16-9-32(29,30)10-17(16)31-19(27)26-18(28)7-11-1-4-13(22)5-2-11/h1-6,8,16-17H,7,9-10H2/t16-,17-/m1/s1. The number of rotatable bonds is 3. The van der Waals surface area contributed by atoms with Crippen LogP contribution in [0, 0.1) is 5.82 Å². The van der Waals surface area contributed by atoms with Gasteiger partial charge in [0.05, 0.1) is 40.2 Å². The number of amidine groups is 1. The lowest BCUT2D eigenvalue weighted by atomic mass is 10.1. The van der Waals surface area contributed by atoms with Gasteiger partial charge in [-0.2, -0.15) is 18.2 Å². The van der Waals surface area contributed by atoms with E-state index in [1.165, 1.54) is 29.2 Å².